The van der Waals surface area contributed by atoms with Crippen LogP contribution in [0.4, 0.5) is 8.78 Å². The molecule has 114 valence electrons. The quantitative estimate of drug-likeness (QED) is 0.681. The molecule has 2 aromatic carbocycles. The van der Waals surface area contributed by atoms with E-state index in [1.54, 1.807) is 22.8 Å². The summed E-state index contributed by atoms with van der Waals surface area (Å²) in [6, 6.07) is 11.6. The number of carbonyl (C=O) groups excluding carboxylic acids is 1. The molecule has 3 rings (SSSR count). The van der Waals surface area contributed by atoms with Crippen molar-refractivity contribution in [3.8, 4) is 0 Å². The fraction of sp³-hybridized carbons (Fsp3) is 0.235. The van der Waals surface area contributed by atoms with Gasteiger partial charge in [0.25, 0.3) is 0 Å². The number of alkyl halides is 2. The average molecular weight is 303 g/mol. The number of nitrogens with zero attached hydrogens (tertiary/aromatic N) is 1. The molecule has 0 atom stereocenters. The lowest BCUT2D eigenvalue weighted by molar-refractivity contribution is 0.0601. The van der Waals surface area contributed by atoms with Gasteiger partial charge in [0, 0.05) is 16.3 Å². The van der Waals surface area contributed by atoms with Gasteiger partial charge in [-0.05, 0) is 18.2 Å². The first kappa shape index (κ1) is 14.5. The Morgan fingerprint density at radius 1 is 1.09 bits per heavy atom. The Morgan fingerprint density at radius 3 is 2.45 bits per heavy atom. The van der Waals surface area contributed by atoms with E-state index in [-0.39, 0.29) is 0 Å². The van der Waals surface area contributed by atoms with Crippen molar-refractivity contribution in [3.63, 3.8) is 0 Å². The fourth-order valence-corrected chi connectivity index (χ4v) is 2.82. The molecule has 0 aliphatic carbocycles. The van der Waals surface area contributed by atoms with E-state index >= 15 is 0 Å². The SMILES string of the molecule is COC(=O)c1ccc2c3ccccc3n(C(CF)CF)c2c1. The molecule has 0 saturated carbocycles. The third-order valence-electron chi connectivity index (χ3n) is 3.85. The fourth-order valence-electron chi connectivity index (χ4n) is 2.82. The summed E-state index contributed by atoms with van der Waals surface area (Å²) in [6.07, 6.45) is 0. The summed E-state index contributed by atoms with van der Waals surface area (Å²) in [6.45, 7) is -1.63. The smallest absolute Gasteiger partial charge is 0.337 e. The van der Waals surface area contributed by atoms with Gasteiger partial charge in [0.05, 0.1) is 24.2 Å². The van der Waals surface area contributed by atoms with Crippen LogP contribution in [0.25, 0.3) is 21.8 Å². The predicted octanol–water partition coefficient (Wildman–Crippen LogP) is 4.06. The van der Waals surface area contributed by atoms with E-state index < -0.39 is 25.4 Å². The zero-order valence-corrected chi connectivity index (χ0v) is 12.1. The Labute approximate surface area is 126 Å². The minimum absolute atomic E-state index is 0.357. The molecule has 3 nitrogen and oxygen atoms in total. The van der Waals surface area contributed by atoms with E-state index in [1.165, 1.54) is 7.11 Å². The van der Waals surface area contributed by atoms with E-state index in [1.807, 2.05) is 24.3 Å². The maximum absolute atomic E-state index is 13.2. The molecule has 1 aromatic heterocycles. The van der Waals surface area contributed by atoms with Crippen molar-refractivity contribution in [3.05, 3.63) is 48.0 Å². The van der Waals surface area contributed by atoms with Crippen LogP contribution in [-0.4, -0.2) is 31.0 Å². The molecule has 1 heterocycles. The first-order valence-electron chi connectivity index (χ1n) is 6.94. The largest absolute Gasteiger partial charge is 0.465 e. The Morgan fingerprint density at radius 2 is 1.77 bits per heavy atom. The maximum atomic E-state index is 13.2. The van der Waals surface area contributed by atoms with Crippen LogP contribution in [0.1, 0.15) is 16.4 Å². The number of rotatable bonds is 4. The molecule has 0 spiro atoms. The van der Waals surface area contributed by atoms with Gasteiger partial charge in [0.1, 0.15) is 13.3 Å². The van der Waals surface area contributed by atoms with Crippen molar-refractivity contribution in [2.75, 3.05) is 20.5 Å². The van der Waals surface area contributed by atoms with Crippen LogP contribution in [0.2, 0.25) is 0 Å². The number of benzene rings is 2. The van der Waals surface area contributed by atoms with Gasteiger partial charge in [0.15, 0.2) is 0 Å². The molecule has 0 aliphatic heterocycles. The van der Waals surface area contributed by atoms with Crippen molar-refractivity contribution >= 4 is 27.8 Å². The molecule has 3 aromatic rings. The molecule has 5 heteroatoms. The Hall–Kier alpha value is -2.43. The summed E-state index contributed by atoms with van der Waals surface area (Å²) in [5.41, 5.74) is 1.74. The lowest BCUT2D eigenvalue weighted by Crippen LogP contribution is -2.13. The summed E-state index contributed by atoms with van der Waals surface area (Å²) < 4.78 is 32.8. The van der Waals surface area contributed by atoms with E-state index in [2.05, 4.69) is 0 Å². The molecular weight excluding hydrogens is 288 g/mol. The van der Waals surface area contributed by atoms with E-state index in [9.17, 15) is 13.6 Å². The van der Waals surface area contributed by atoms with Crippen molar-refractivity contribution in [2.24, 2.45) is 0 Å². The standard InChI is InChI=1S/C17H15F2NO2/c1-22-17(21)11-6-7-14-13-4-2-3-5-15(13)20(16(14)8-11)12(9-18)10-19/h2-8,12H,9-10H2,1H3. The molecular formula is C17H15F2NO2. The number of ether oxygens (including phenoxy) is 1. The minimum Gasteiger partial charge on any atom is -0.465 e. The second-order valence-electron chi connectivity index (χ2n) is 5.07. The maximum Gasteiger partial charge on any atom is 0.337 e. The first-order chi connectivity index (χ1) is 10.7. The van der Waals surface area contributed by atoms with Crippen LogP contribution in [-0.2, 0) is 4.74 Å². The van der Waals surface area contributed by atoms with Gasteiger partial charge >= 0.3 is 5.97 Å². The van der Waals surface area contributed by atoms with Gasteiger partial charge in [0.2, 0.25) is 0 Å². The van der Waals surface area contributed by atoms with Crippen molar-refractivity contribution in [1.82, 2.24) is 4.57 Å². The predicted molar refractivity (Wildman–Crippen MR) is 81.8 cm³/mol. The minimum atomic E-state index is -0.907. The Kier molecular flexibility index (Phi) is 3.79. The third-order valence-corrected chi connectivity index (χ3v) is 3.85. The van der Waals surface area contributed by atoms with E-state index in [0.29, 0.717) is 11.1 Å². The van der Waals surface area contributed by atoms with Crippen molar-refractivity contribution < 1.29 is 18.3 Å². The van der Waals surface area contributed by atoms with Crippen LogP contribution in [0.3, 0.4) is 0 Å². The van der Waals surface area contributed by atoms with Crippen molar-refractivity contribution in [1.29, 1.82) is 0 Å². The molecule has 0 aliphatic rings. The van der Waals surface area contributed by atoms with Gasteiger partial charge in [-0.3, -0.25) is 0 Å². The summed E-state index contributed by atoms with van der Waals surface area (Å²) in [4.78, 5) is 11.7. The number of carbonyl (C=O) groups is 1. The lowest BCUT2D eigenvalue weighted by Gasteiger charge is -2.15. The second kappa shape index (κ2) is 5.75. The molecule has 0 amide bonds. The number of methoxy groups -OCH3 is 1. The summed E-state index contributed by atoms with van der Waals surface area (Å²) >= 11 is 0. The number of hydrogen-bond acceptors (Lipinski definition) is 2. The average Bonchev–Trinajstić information content (AvgIpc) is 2.90. The monoisotopic (exact) mass is 303 g/mol. The normalized spacial score (nSPS) is 11.5. The topological polar surface area (TPSA) is 31.2 Å². The molecule has 0 radical (unpaired) electrons. The van der Waals surface area contributed by atoms with Gasteiger partial charge in [-0.1, -0.05) is 24.3 Å². The molecule has 0 saturated heterocycles. The van der Waals surface area contributed by atoms with Gasteiger partial charge in [-0.15, -0.1) is 0 Å². The summed E-state index contributed by atoms with van der Waals surface area (Å²) in [7, 11) is 1.30. The Balaban J connectivity index is 2.38. The van der Waals surface area contributed by atoms with Gasteiger partial charge in [-0.25, -0.2) is 13.6 Å². The van der Waals surface area contributed by atoms with Crippen LogP contribution >= 0.6 is 0 Å². The zero-order valence-electron chi connectivity index (χ0n) is 12.1. The molecule has 0 bridgehead atoms. The lowest BCUT2D eigenvalue weighted by atomic mass is 10.1. The van der Waals surface area contributed by atoms with Crippen molar-refractivity contribution in [2.45, 2.75) is 6.04 Å². The molecule has 0 unspecified atom stereocenters. The van der Waals surface area contributed by atoms with Crippen LogP contribution < -0.4 is 0 Å². The number of halogens is 2. The molecule has 0 fully saturated rings. The van der Waals surface area contributed by atoms with Gasteiger partial charge < -0.3 is 9.30 Å². The highest BCUT2D eigenvalue weighted by Gasteiger charge is 2.19. The number of esters is 1. The number of hydrogen-bond donors (Lipinski definition) is 0. The zero-order chi connectivity index (χ0) is 15.7. The molecule has 0 N–H and O–H groups in total. The number of aromatic nitrogens is 1. The van der Waals surface area contributed by atoms with E-state index in [0.717, 1.165) is 16.3 Å². The van der Waals surface area contributed by atoms with Gasteiger partial charge in [-0.2, -0.15) is 0 Å². The third kappa shape index (κ3) is 2.13. The van der Waals surface area contributed by atoms with Crippen LogP contribution in [0.5, 0.6) is 0 Å². The first-order valence-corrected chi connectivity index (χ1v) is 6.94. The Bertz CT molecular complexity index is 837. The van der Waals surface area contributed by atoms with E-state index in [4.69, 9.17) is 4.74 Å². The number of para-hydroxylation sites is 1. The number of fused-ring (bicyclic) bond motifs is 3. The summed E-state index contributed by atoms with van der Waals surface area (Å²) in [5, 5.41) is 1.76. The second-order valence-corrected chi connectivity index (χ2v) is 5.07. The highest BCUT2D eigenvalue weighted by atomic mass is 19.1. The highest BCUT2D eigenvalue weighted by molar-refractivity contribution is 6.09. The van der Waals surface area contributed by atoms with Crippen LogP contribution in [0.15, 0.2) is 42.5 Å². The van der Waals surface area contributed by atoms with Crippen LogP contribution in [0, 0.1) is 0 Å². The molecule has 22 heavy (non-hydrogen) atoms. The summed E-state index contributed by atoms with van der Waals surface area (Å²) in [5.74, 6) is -0.476. The highest BCUT2D eigenvalue weighted by Crippen LogP contribution is 2.33.